The topological polar surface area (TPSA) is 26.3 Å². The van der Waals surface area contributed by atoms with Gasteiger partial charge in [-0.15, -0.1) is 11.6 Å². The van der Waals surface area contributed by atoms with Crippen molar-refractivity contribution in [2.75, 3.05) is 5.88 Å². The molecule has 0 saturated carbocycles. The number of ether oxygens (including phenoxy) is 1. The minimum absolute atomic E-state index is 0.0540. The van der Waals surface area contributed by atoms with Crippen molar-refractivity contribution in [3.05, 3.63) is 0 Å². The number of halogens is 1. The molecule has 0 atom stereocenters. The third-order valence-electron chi connectivity index (χ3n) is 3.68. The third-order valence-corrected chi connectivity index (χ3v) is 3.95. The Hall–Kier alpha value is -0.240. The molecule has 0 fully saturated rings. The Morgan fingerprint density at radius 2 is 1.09 bits per heavy atom. The molecule has 132 valence electrons. The van der Waals surface area contributed by atoms with Crippen LogP contribution in [0, 0.1) is 0 Å². The Morgan fingerprint density at radius 1 is 0.727 bits per heavy atom. The van der Waals surface area contributed by atoms with E-state index in [4.69, 9.17) is 16.3 Å². The highest BCUT2D eigenvalue weighted by atomic mass is 35.5. The zero-order valence-corrected chi connectivity index (χ0v) is 15.8. The normalized spacial score (nSPS) is 11.6. The van der Waals surface area contributed by atoms with E-state index in [1.807, 2.05) is 20.8 Å². The highest BCUT2D eigenvalue weighted by molar-refractivity contribution is 6.17. The van der Waals surface area contributed by atoms with Crippen LogP contribution in [0.25, 0.3) is 0 Å². The largest absolute Gasteiger partial charge is 0.460 e. The van der Waals surface area contributed by atoms with Gasteiger partial charge in [-0.25, -0.2) is 0 Å². The van der Waals surface area contributed by atoms with E-state index in [1.54, 1.807) is 0 Å². The van der Waals surface area contributed by atoms with Gasteiger partial charge < -0.3 is 4.74 Å². The number of unbranched alkanes of at least 4 members (excludes halogenated alkanes) is 11. The zero-order chi connectivity index (χ0) is 16.7. The molecule has 3 heteroatoms. The lowest BCUT2D eigenvalue weighted by atomic mass is 10.0. The molecule has 0 N–H and O–H groups in total. The second-order valence-electron chi connectivity index (χ2n) is 7.27. The van der Waals surface area contributed by atoms with Gasteiger partial charge in [0.25, 0.3) is 0 Å². The summed E-state index contributed by atoms with van der Waals surface area (Å²) >= 11 is 5.65. The standard InChI is InChI=1S/C19H37ClO2/c1-19(2,3)22-18(21)16-14-12-10-8-6-4-5-7-9-11-13-15-17-20/h4-17H2,1-3H3. The number of hydrogen-bond acceptors (Lipinski definition) is 2. The minimum atomic E-state index is -0.346. The van der Waals surface area contributed by atoms with Gasteiger partial charge in [0.1, 0.15) is 5.60 Å². The van der Waals surface area contributed by atoms with Crippen molar-refractivity contribution in [3.8, 4) is 0 Å². The molecule has 0 aromatic heterocycles. The van der Waals surface area contributed by atoms with E-state index < -0.39 is 0 Å². The highest BCUT2D eigenvalue weighted by Crippen LogP contribution is 2.14. The van der Waals surface area contributed by atoms with E-state index in [0.29, 0.717) is 6.42 Å². The van der Waals surface area contributed by atoms with E-state index in [9.17, 15) is 4.79 Å². The summed E-state index contributed by atoms with van der Waals surface area (Å²) in [5.74, 6) is 0.759. The summed E-state index contributed by atoms with van der Waals surface area (Å²) in [7, 11) is 0. The fourth-order valence-electron chi connectivity index (χ4n) is 2.52. The van der Waals surface area contributed by atoms with Gasteiger partial charge in [-0.05, 0) is 33.6 Å². The quantitative estimate of drug-likeness (QED) is 0.202. The molecule has 0 aliphatic carbocycles. The number of rotatable bonds is 14. The lowest BCUT2D eigenvalue weighted by Gasteiger charge is -2.19. The summed E-state index contributed by atoms with van der Waals surface area (Å²) in [6.07, 6.45) is 15.9. The van der Waals surface area contributed by atoms with Gasteiger partial charge >= 0.3 is 5.97 Å². The average Bonchev–Trinajstić information content (AvgIpc) is 2.42. The summed E-state index contributed by atoms with van der Waals surface area (Å²) in [4.78, 5) is 11.5. The number of alkyl halides is 1. The molecular formula is C19H37ClO2. The molecular weight excluding hydrogens is 296 g/mol. The van der Waals surface area contributed by atoms with Crippen LogP contribution in [-0.2, 0) is 9.53 Å². The van der Waals surface area contributed by atoms with Gasteiger partial charge in [0.05, 0.1) is 0 Å². The van der Waals surface area contributed by atoms with E-state index in [0.717, 1.165) is 18.7 Å². The van der Waals surface area contributed by atoms with Gasteiger partial charge in [-0.1, -0.05) is 64.2 Å². The third kappa shape index (κ3) is 17.8. The van der Waals surface area contributed by atoms with Gasteiger partial charge in [-0.3, -0.25) is 4.79 Å². The SMILES string of the molecule is CC(C)(C)OC(=O)CCCCCCCCCCCCCCCl. The van der Waals surface area contributed by atoms with E-state index in [1.165, 1.54) is 64.2 Å². The Balaban J connectivity index is 3.16. The molecule has 0 unspecified atom stereocenters. The lowest BCUT2D eigenvalue weighted by Crippen LogP contribution is -2.23. The minimum Gasteiger partial charge on any atom is -0.460 e. The van der Waals surface area contributed by atoms with Crippen molar-refractivity contribution in [1.82, 2.24) is 0 Å². The van der Waals surface area contributed by atoms with Crippen LogP contribution in [0.5, 0.6) is 0 Å². The van der Waals surface area contributed by atoms with Crippen molar-refractivity contribution in [3.63, 3.8) is 0 Å². The first-order chi connectivity index (χ1) is 10.5. The predicted octanol–water partition coefficient (Wildman–Crippen LogP) is 6.64. The van der Waals surface area contributed by atoms with Crippen molar-refractivity contribution < 1.29 is 9.53 Å². The molecule has 0 heterocycles. The first-order valence-electron chi connectivity index (χ1n) is 9.23. The van der Waals surface area contributed by atoms with Gasteiger partial charge in [0.15, 0.2) is 0 Å². The van der Waals surface area contributed by atoms with Crippen LogP contribution in [0.3, 0.4) is 0 Å². The summed E-state index contributed by atoms with van der Waals surface area (Å²) in [6, 6.07) is 0. The zero-order valence-electron chi connectivity index (χ0n) is 15.1. The molecule has 0 aromatic rings. The van der Waals surface area contributed by atoms with Gasteiger partial charge in [-0.2, -0.15) is 0 Å². The maximum Gasteiger partial charge on any atom is 0.306 e. The van der Waals surface area contributed by atoms with E-state index in [2.05, 4.69) is 0 Å². The molecule has 0 aliphatic rings. The fourth-order valence-corrected chi connectivity index (χ4v) is 2.71. The highest BCUT2D eigenvalue weighted by Gasteiger charge is 2.15. The maximum absolute atomic E-state index is 11.5. The Bertz CT molecular complexity index is 259. The summed E-state index contributed by atoms with van der Waals surface area (Å²) in [5, 5.41) is 0. The summed E-state index contributed by atoms with van der Waals surface area (Å²) < 4.78 is 5.30. The Kier molecular flexibility index (Phi) is 14.2. The van der Waals surface area contributed by atoms with Crippen LogP contribution >= 0.6 is 11.6 Å². The lowest BCUT2D eigenvalue weighted by molar-refractivity contribution is -0.154. The van der Waals surface area contributed by atoms with Crippen molar-refractivity contribution >= 4 is 17.6 Å². The summed E-state index contributed by atoms with van der Waals surface area (Å²) in [5.41, 5.74) is -0.346. The average molecular weight is 333 g/mol. The molecule has 0 saturated heterocycles. The Morgan fingerprint density at radius 3 is 1.45 bits per heavy atom. The van der Waals surface area contributed by atoms with Crippen LogP contribution in [-0.4, -0.2) is 17.5 Å². The van der Waals surface area contributed by atoms with E-state index >= 15 is 0 Å². The number of carbonyl (C=O) groups excluding carboxylic acids is 1. The monoisotopic (exact) mass is 332 g/mol. The number of hydrogen-bond donors (Lipinski definition) is 0. The van der Waals surface area contributed by atoms with Crippen molar-refractivity contribution in [2.45, 2.75) is 110 Å². The number of esters is 1. The van der Waals surface area contributed by atoms with Crippen LogP contribution in [0.15, 0.2) is 0 Å². The molecule has 2 nitrogen and oxygen atoms in total. The second-order valence-corrected chi connectivity index (χ2v) is 7.65. The van der Waals surface area contributed by atoms with Gasteiger partial charge in [0, 0.05) is 12.3 Å². The molecule has 0 aliphatic heterocycles. The van der Waals surface area contributed by atoms with Crippen LogP contribution in [0.2, 0.25) is 0 Å². The molecule has 0 aromatic carbocycles. The molecule has 0 radical (unpaired) electrons. The first-order valence-corrected chi connectivity index (χ1v) is 9.77. The molecule has 0 rings (SSSR count). The molecule has 0 spiro atoms. The summed E-state index contributed by atoms with van der Waals surface area (Å²) in [6.45, 7) is 5.76. The van der Waals surface area contributed by atoms with Crippen molar-refractivity contribution in [2.24, 2.45) is 0 Å². The second kappa shape index (κ2) is 14.4. The molecule has 0 bridgehead atoms. The first kappa shape index (κ1) is 21.8. The Labute approximate surface area is 143 Å². The van der Waals surface area contributed by atoms with Gasteiger partial charge in [0.2, 0.25) is 0 Å². The fraction of sp³-hybridized carbons (Fsp3) is 0.947. The van der Waals surface area contributed by atoms with E-state index in [-0.39, 0.29) is 11.6 Å². The predicted molar refractivity (Wildman–Crippen MR) is 96.6 cm³/mol. The smallest absolute Gasteiger partial charge is 0.306 e. The molecule has 0 amide bonds. The van der Waals surface area contributed by atoms with Crippen LogP contribution < -0.4 is 0 Å². The maximum atomic E-state index is 11.5. The van der Waals surface area contributed by atoms with Crippen LogP contribution in [0.4, 0.5) is 0 Å². The number of carbonyl (C=O) groups is 1. The van der Waals surface area contributed by atoms with Crippen molar-refractivity contribution in [1.29, 1.82) is 0 Å². The van der Waals surface area contributed by atoms with Crippen LogP contribution in [0.1, 0.15) is 104 Å². The molecule has 22 heavy (non-hydrogen) atoms.